The lowest BCUT2D eigenvalue weighted by molar-refractivity contribution is -0.141. The molecule has 0 aromatic carbocycles. The molecule has 0 aliphatic heterocycles. The monoisotopic (exact) mass is 283 g/mol. The zero-order chi connectivity index (χ0) is 14.6. The topological polar surface area (TPSA) is 47.0 Å². The molecule has 4 nitrogen and oxygen atoms in total. The summed E-state index contributed by atoms with van der Waals surface area (Å²) in [5.41, 5.74) is -0.0918. The van der Waals surface area contributed by atoms with E-state index >= 15 is 0 Å². The number of anilines is 1. The highest BCUT2D eigenvalue weighted by Gasteiger charge is 2.32. The van der Waals surface area contributed by atoms with Crippen LogP contribution in [-0.4, -0.2) is 17.1 Å². The van der Waals surface area contributed by atoms with E-state index in [-0.39, 0.29) is 5.82 Å². The summed E-state index contributed by atoms with van der Waals surface area (Å²) in [7, 11) is 1.49. The molecular formula is C13H12F3N3O. The van der Waals surface area contributed by atoms with Gasteiger partial charge >= 0.3 is 6.18 Å². The minimum atomic E-state index is -4.45. The molecule has 0 aliphatic carbocycles. The average Bonchev–Trinajstić information content (AvgIpc) is 2.45. The predicted octanol–water partition coefficient (Wildman–Crippen LogP) is 3.12. The van der Waals surface area contributed by atoms with E-state index in [1.54, 1.807) is 18.3 Å². The second-order valence-electron chi connectivity index (χ2n) is 3.97. The minimum Gasteiger partial charge on any atom is -0.481 e. The van der Waals surface area contributed by atoms with E-state index in [9.17, 15) is 13.2 Å². The van der Waals surface area contributed by atoms with Crippen LogP contribution in [0, 0.1) is 0 Å². The first kappa shape index (κ1) is 14.1. The number of alkyl halides is 3. The van der Waals surface area contributed by atoms with E-state index in [1.807, 2.05) is 0 Å². The minimum absolute atomic E-state index is 0.163. The zero-order valence-corrected chi connectivity index (χ0v) is 10.6. The Kier molecular flexibility index (Phi) is 4.07. The molecule has 106 valence electrons. The van der Waals surface area contributed by atoms with Gasteiger partial charge in [-0.05, 0) is 23.8 Å². The molecule has 2 aromatic rings. The van der Waals surface area contributed by atoms with Crippen molar-refractivity contribution in [3.8, 4) is 5.88 Å². The zero-order valence-electron chi connectivity index (χ0n) is 10.6. The number of aromatic nitrogens is 2. The van der Waals surface area contributed by atoms with Gasteiger partial charge in [0.2, 0.25) is 5.88 Å². The van der Waals surface area contributed by atoms with Gasteiger partial charge in [-0.25, -0.2) is 9.97 Å². The third-order valence-corrected chi connectivity index (χ3v) is 2.52. The van der Waals surface area contributed by atoms with Crippen molar-refractivity contribution in [2.24, 2.45) is 0 Å². The summed E-state index contributed by atoms with van der Waals surface area (Å²) >= 11 is 0. The highest BCUT2D eigenvalue weighted by molar-refractivity contribution is 5.37. The van der Waals surface area contributed by atoms with Crippen molar-refractivity contribution >= 4 is 5.82 Å². The van der Waals surface area contributed by atoms with Gasteiger partial charge in [0.1, 0.15) is 11.5 Å². The molecule has 0 fully saturated rings. The number of nitrogens with one attached hydrogen (secondary N) is 1. The number of halogens is 3. The van der Waals surface area contributed by atoms with Crippen LogP contribution in [0.5, 0.6) is 5.88 Å². The largest absolute Gasteiger partial charge is 0.481 e. The van der Waals surface area contributed by atoms with Gasteiger partial charge in [-0.1, -0.05) is 6.07 Å². The van der Waals surface area contributed by atoms with Gasteiger partial charge in [0, 0.05) is 18.8 Å². The van der Waals surface area contributed by atoms with Gasteiger partial charge in [0.15, 0.2) is 0 Å². The first-order chi connectivity index (χ1) is 9.49. The van der Waals surface area contributed by atoms with Crippen LogP contribution >= 0.6 is 0 Å². The molecule has 2 rings (SSSR count). The number of hydrogen-bond acceptors (Lipinski definition) is 4. The van der Waals surface area contributed by atoms with Gasteiger partial charge < -0.3 is 10.1 Å². The lowest BCUT2D eigenvalue weighted by Crippen LogP contribution is -2.10. The normalized spacial score (nSPS) is 11.2. The number of rotatable bonds is 4. The van der Waals surface area contributed by atoms with Crippen LogP contribution in [-0.2, 0) is 12.7 Å². The van der Waals surface area contributed by atoms with E-state index in [0.717, 1.165) is 11.6 Å². The lowest BCUT2D eigenvalue weighted by Gasteiger charge is -2.10. The Labute approximate surface area is 113 Å². The molecule has 0 atom stereocenters. The van der Waals surface area contributed by atoms with E-state index in [4.69, 9.17) is 4.74 Å². The number of methoxy groups -OCH3 is 1. The van der Waals surface area contributed by atoms with Crippen LogP contribution in [0.25, 0.3) is 0 Å². The Morgan fingerprint density at radius 1 is 1.25 bits per heavy atom. The van der Waals surface area contributed by atoms with E-state index in [1.165, 1.54) is 19.2 Å². The smallest absolute Gasteiger partial charge is 0.433 e. The van der Waals surface area contributed by atoms with Crippen molar-refractivity contribution in [3.63, 3.8) is 0 Å². The summed E-state index contributed by atoms with van der Waals surface area (Å²) in [4.78, 5) is 7.46. The molecule has 7 heteroatoms. The van der Waals surface area contributed by atoms with Crippen LogP contribution in [0.3, 0.4) is 0 Å². The molecular weight excluding hydrogens is 271 g/mol. The second kappa shape index (κ2) is 5.77. The maximum Gasteiger partial charge on any atom is 0.433 e. The summed E-state index contributed by atoms with van der Waals surface area (Å²) in [6.07, 6.45) is -2.88. The van der Waals surface area contributed by atoms with Gasteiger partial charge in [-0.3, -0.25) is 0 Å². The molecule has 0 spiro atoms. The van der Waals surface area contributed by atoms with Crippen LogP contribution in [0.2, 0.25) is 0 Å². The molecule has 0 bridgehead atoms. The molecule has 20 heavy (non-hydrogen) atoms. The lowest BCUT2D eigenvalue weighted by atomic mass is 10.2. The summed E-state index contributed by atoms with van der Waals surface area (Å²) < 4.78 is 42.5. The molecule has 0 saturated heterocycles. The van der Waals surface area contributed by atoms with Crippen molar-refractivity contribution < 1.29 is 17.9 Å². The van der Waals surface area contributed by atoms with Crippen LogP contribution in [0.1, 0.15) is 11.3 Å². The first-order valence-corrected chi connectivity index (χ1v) is 5.76. The second-order valence-corrected chi connectivity index (χ2v) is 3.97. The molecule has 0 amide bonds. The number of pyridine rings is 2. The van der Waals surface area contributed by atoms with E-state index < -0.39 is 11.9 Å². The SMILES string of the molecule is COc1cc(CNc2cccc(C(F)(F)F)n2)ccn1. The van der Waals surface area contributed by atoms with Gasteiger partial charge in [0.05, 0.1) is 7.11 Å². The number of ether oxygens (including phenoxy) is 1. The van der Waals surface area contributed by atoms with Crippen LogP contribution in [0.15, 0.2) is 36.5 Å². The van der Waals surface area contributed by atoms with Crippen LogP contribution in [0.4, 0.5) is 19.0 Å². The molecule has 0 radical (unpaired) electrons. The molecule has 0 unspecified atom stereocenters. The summed E-state index contributed by atoms with van der Waals surface area (Å²) in [6, 6.07) is 7.16. The molecule has 0 saturated carbocycles. The molecule has 2 heterocycles. The quantitative estimate of drug-likeness (QED) is 0.936. The first-order valence-electron chi connectivity index (χ1n) is 5.76. The van der Waals surface area contributed by atoms with Crippen molar-refractivity contribution in [1.29, 1.82) is 0 Å². The Bertz CT molecular complexity index is 587. The summed E-state index contributed by atoms with van der Waals surface area (Å²) in [6.45, 7) is 0.327. The van der Waals surface area contributed by atoms with Crippen molar-refractivity contribution in [3.05, 3.63) is 47.8 Å². The fourth-order valence-electron chi connectivity index (χ4n) is 1.56. The average molecular weight is 283 g/mol. The highest BCUT2D eigenvalue weighted by atomic mass is 19.4. The maximum absolute atomic E-state index is 12.5. The Hall–Kier alpha value is -2.31. The van der Waals surface area contributed by atoms with Gasteiger partial charge in [-0.2, -0.15) is 13.2 Å². The number of nitrogens with zero attached hydrogens (tertiary/aromatic N) is 2. The van der Waals surface area contributed by atoms with Crippen molar-refractivity contribution in [1.82, 2.24) is 9.97 Å². The Balaban J connectivity index is 2.07. The van der Waals surface area contributed by atoms with Gasteiger partial charge in [-0.15, -0.1) is 0 Å². The fraction of sp³-hybridized carbons (Fsp3) is 0.231. The molecule has 1 N–H and O–H groups in total. The number of hydrogen-bond donors (Lipinski definition) is 1. The van der Waals surface area contributed by atoms with Gasteiger partial charge in [0.25, 0.3) is 0 Å². The predicted molar refractivity (Wildman–Crippen MR) is 67.4 cm³/mol. The molecule has 2 aromatic heterocycles. The Morgan fingerprint density at radius 2 is 2.05 bits per heavy atom. The summed E-state index contributed by atoms with van der Waals surface area (Å²) in [5, 5.41) is 2.83. The molecule has 0 aliphatic rings. The van der Waals surface area contributed by atoms with E-state index in [0.29, 0.717) is 12.4 Å². The van der Waals surface area contributed by atoms with Crippen molar-refractivity contribution in [2.45, 2.75) is 12.7 Å². The van der Waals surface area contributed by atoms with E-state index in [2.05, 4.69) is 15.3 Å². The standard InChI is InChI=1S/C13H12F3N3O/c1-20-12-7-9(5-6-17-12)8-18-11-4-2-3-10(19-11)13(14,15)16/h2-7H,8H2,1H3,(H,18,19). The Morgan fingerprint density at radius 3 is 2.75 bits per heavy atom. The third-order valence-electron chi connectivity index (χ3n) is 2.52. The fourth-order valence-corrected chi connectivity index (χ4v) is 1.56. The highest BCUT2D eigenvalue weighted by Crippen LogP contribution is 2.28. The third kappa shape index (κ3) is 3.59. The summed E-state index contributed by atoms with van der Waals surface area (Å²) in [5.74, 6) is 0.608. The maximum atomic E-state index is 12.5. The van der Waals surface area contributed by atoms with Crippen molar-refractivity contribution in [2.75, 3.05) is 12.4 Å². The van der Waals surface area contributed by atoms with Crippen LogP contribution < -0.4 is 10.1 Å².